The molecule has 1 aromatic carbocycles. The summed E-state index contributed by atoms with van der Waals surface area (Å²) in [6, 6.07) is 3.24. The van der Waals surface area contributed by atoms with Gasteiger partial charge in [-0.05, 0) is 25.1 Å². The number of hydrogen-bond acceptors (Lipinski definition) is 6. The number of carbonyl (C=O) groups is 1. The van der Waals surface area contributed by atoms with Crippen LogP contribution in [0.5, 0.6) is 5.75 Å². The largest absolute Gasteiger partial charge is 0.733 e. The van der Waals surface area contributed by atoms with Gasteiger partial charge in [-0.1, -0.05) is 0 Å². The number of esters is 1. The first-order valence-electron chi connectivity index (χ1n) is 5.34. The Balaban J connectivity index is 3.03. The lowest BCUT2D eigenvalue weighted by atomic mass is 10.2. The smallest absolute Gasteiger partial charge is 0.341 e. The van der Waals surface area contributed by atoms with Crippen LogP contribution in [0.15, 0.2) is 18.2 Å². The number of nitrogens with zero attached hydrogens (tertiary/aromatic N) is 1. The van der Waals surface area contributed by atoms with Crippen molar-refractivity contribution in [3.05, 3.63) is 29.0 Å². The van der Waals surface area contributed by atoms with Crippen molar-refractivity contribution >= 4 is 11.7 Å². The van der Waals surface area contributed by atoms with Gasteiger partial charge in [-0.2, -0.15) is 0 Å². The van der Waals surface area contributed by atoms with Crippen LogP contribution < -0.4 is 9.96 Å². The third-order valence-corrected chi connectivity index (χ3v) is 2.04. The molecule has 106 valence electrons. The third kappa shape index (κ3) is 4.34. The predicted octanol–water partition coefficient (Wildman–Crippen LogP) is 2.20. The zero-order valence-electron chi connectivity index (χ0n) is 10.0. The first-order chi connectivity index (χ1) is 8.95. The van der Waals surface area contributed by atoms with E-state index >= 15 is 0 Å². The lowest BCUT2D eigenvalue weighted by molar-refractivity contribution is 0.0508. The monoisotopic (exact) mass is 276 g/mol. The molecule has 1 N–H and O–H groups in total. The number of ether oxygens (including phenoxy) is 2. The molecule has 0 radical (unpaired) electrons. The summed E-state index contributed by atoms with van der Waals surface area (Å²) in [6.45, 7) is 0.733. The highest BCUT2D eigenvalue weighted by molar-refractivity contribution is 5.93. The van der Waals surface area contributed by atoms with E-state index < -0.39 is 24.2 Å². The van der Waals surface area contributed by atoms with Crippen LogP contribution in [0.25, 0.3) is 0 Å². The molecule has 1 rings (SSSR count). The van der Waals surface area contributed by atoms with E-state index in [0.29, 0.717) is 0 Å². The van der Waals surface area contributed by atoms with Crippen LogP contribution in [0.1, 0.15) is 17.3 Å². The molecule has 0 fully saturated rings. The minimum Gasteiger partial charge on any atom is -0.733 e. The fourth-order valence-electron chi connectivity index (χ4n) is 1.28. The third-order valence-electron chi connectivity index (χ3n) is 2.04. The average molecular weight is 276 g/mol. The van der Waals surface area contributed by atoms with Crippen molar-refractivity contribution in [3.8, 4) is 5.75 Å². The molecule has 19 heavy (non-hydrogen) atoms. The molecule has 1 aromatic rings. The van der Waals surface area contributed by atoms with Crippen LogP contribution in [0, 0.1) is 5.21 Å². The number of anilines is 1. The molecule has 0 bridgehead atoms. The van der Waals surface area contributed by atoms with Gasteiger partial charge in [-0.25, -0.2) is 13.6 Å². The molecule has 0 saturated heterocycles. The Morgan fingerprint density at radius 3 is 2.74 bits per heavy atom. The van der Waals surface area contributed by atoms with Gasteiger partial charge >= 0.3 is 5.97 Å². The summed E-state index contributed by atoms with van der Waals surface area (Å²) in [5, 5.41) is 19.0. The molecule has 0 aromatic heterocycles. The quantitative estimate of drug-likeness (QED) is 0.633. The second-order valence-corrected chi connectivity index (χ2v) is 3.38. The second kappa shape index (κ2) is 6.86. The van der Waals surface area contributed by atoms with E-state index in [0.717, 1.165) is 18.2 Å². The number of carbonyl (C=O) groups excluding carboxylic acids is 1. The molecule has 0 amide bonds. The van der Waals surface area contributed by atoms with Gasteiger partial charge in [-0.3, -0.25) is 5.21 Å². The van der Waals surface area contributed by atoms with Crippen LogP contribution in [0.3, 0.4) is 0 Å². The average Bonchev–Trinajstić information content (AvgIpc) is 2.36. The molecule has 0 unspecified atom stereocenters. The van der Waals surface area contributed by atoms with Gasteiger partial charge in [0.15, 0.2) is 0 Å². The van der Waals surface area contributed by atoms with Crippen molar-refractivity contribution in [2.75, 3.05) is 18.4 Å². The predicted molar refractivity (Wildman–Crippen MR) is 61.5 cm³/mol. The topological polar surface area (TPSA) is 82.1 Å². The van der Waals surface area contributed by atoms with Gasteiger partial charge in [0.05, 0.1) is 12.3 Å². The zero-order chi connectivity index (χ0) is 14.4. The lowest BCUT2D eigenvalue weighted by Gasteiger charge is -2.22. The Kier molecular flexibility index (Phi) is 5.46. The van der Waals surface area contributed by atoms with E-state index in [1.54, 1.807) is 6.92 Å². The molecule has 0 spiro atoms. The van der Waals surface area contributed by atoms with Crippen molar-refractivity contribution in [1.82, 2.24) is 0 Å². The Morgan fingerprint density at radius 1 is 1.53 bits per heavy atom. The number of alkyl halides is 2. The van der Waals surface area contributed by atoms with Gasteiger partial charge in [0, 0.05) is 0 Å². The molecule has 0 heterocycles. The van der Waals surface area contributed by atoms with Gasteiger partial charge < -0.3 is 19.9 Å². The van der Waals surface area contributed by atoms with E-state index in [2.05, 4.69) is 0 Å². The van der Waals surface area contributed by atoms with Crippen molar-refractivity contribution in [2.45, 2.75) is 13.3 Å². The van der Waals surface area contributed by atoms with Crippen LogP contribution in [-0.4, -0.2) is 30.8 Å². The van der Waals surface area contributed by atoms with Crippen molar-refractivity contribution in [1.29, 1.82) is 0 Å². The van der Waals surface area contributed by atoms with E-state index in [4.69, 9.17) is 14.7 Å². The molecule has 0 saturated carbocycles. The van der Waals surface area contributed by atoms with E-state index in [1.165, 1.54) is 0 Å². The summed E-state index contributed by atoms with van der Waals surface area (Å²) in [7, 11) is 0. The minimum absolute atomic E-state index is 0.0670. The normalized spacial score (nSPS) is 10.4. The Morgan fingerprint density at radius 2 is 2.21 bits per heavy atom. The van der Waals surface area contributed by atoms with Crippen LogP contribution in [0.2, 0.25) is 0 Å². The summed E-state index contributed by atoms with van der Waals surface area (Å²) in [6.07, 6.45) is -2.71. The molecule has 0 atom stereocenters. The Bertz CT molecular complexity index is 439. The van der Waals surface area contributed by atoms with Gasteiger partial charge in [0.1, 0.15) is 17.9 Å². The number of rotatable bonds is 6. The maximum Gasteiger partial charge on any atom is 0.341 e. The fourth-order valence-corrected chi connectivity index (χ4v) is 1.28. The summed E-state index contributed by atoms with van der Waals surface area (Å²) < 4.78 is 33.6. The highest BCUT2D eigenvalue weighted by Crippen LogP contribution is 2.25. The van der Waals surface area contributed by atoms with Crippen LogP contribution >= 0.6 is 0 Å². The molecular weight excluding hydrogens is 264 g/mol. The summed E-state index contributed by atoms with van der Waals surface area (Å²) in [4.78, 5) is 11.6. The summed E-state index contributed by atoms with van der Waals surface area (Å²) in [5.74, 6) is -0.986. The number of halogens is 2. The Hall–Kier alpha value is -1.93. The molecule has 0 aliphatic rings. The molecule has 0 aliphatic carbocycles. The number of hydrogen-bond donors (Lipinski definition) is 1. The zero-order valence-corrected chi connectivity index (χ0v) is 10.0. The Labute approximate surface area is 107 Å². The van der Waals surface area contributed by atoms with Crippen molar-refractivity contribution < 1.29 is 28.3 Å². The standard InChI is InChI=1S/C11H12F2NO5/c1-2-18-11(15)8-5-7(14(16)17)3-4-9(8)19-6-10(12)13/h3-5,10,16H,2,6H2,1H3/q-1. The molecule has 6 nitrogen and oxygen atoms in total. The fraction of sp³-hybridized carbons (Fsp3) is 0.364. The summed E-state index contributed by atoms with van der Waals surface area (Å²) >= 11 is 0. The van der Waals surface area contributed by atoms with E-state index in [1.807, 2.05) is 0 Å². The van der Waals surface area contributed by atoms with Gasteiger partial charge in [0.25, 0.3) is 6.43 Å². The molecular formula is C11H12F2NO5-. The van der Waals surface area contributed by atoms with Crippen molar-refractivity contribution in [3.63, 3.8) is 0 Å². The van der Waals surface area contributed by atoms with Crippen LogP contribution in [-0.2, 0) is 4.74 Å². The minimum atomic E-state index is -2.71. The maximum atomic E-state index is 12.1. The summed E-state index contributed by atoms with van der Waals surface area (Å²) in [5.41, 5.74) is -0.456. The lowest BCUT2D eigenvalue weighted by Crippen LogP contribution is -2.14. The first-order valence-corrected chi connectivity index (χ1v) is 5.34. The highest BCUT2D eigenvalue weighted by Gasteiger charge is 2.16. The second-order valence-electron chi connectivity index (χ2n) is 3.38. The molecule has 0 aliphatic heterocycles. The van der Waals surface area contributed by atoms with Gasteiger partial charge in [0.2, 0.25) is 0 Å². The SMILES string of the molecule is CCOC(=O)c1cc(N([O-])O)ccc1OCC(F)F. The maximum absolute atomic E-state index is 12.1. The van der Waals surface area contributed by atoms with E-state index in [9.17, 15) is 18.8 Å². The van der Waals surface area contributed by atoms with Gasteiger partial charge in [-0.15, -0.1) is 0 Å². The highest BCUT2D eigenvalue weighted by atomic mass is 19.3. The molecule has 8 heteroatoms. The van der Waals surface area contributed by atoms with Crippen LogP contribution in [0.4, 0.5) is 14.5 Å². The number of benzene rings is 1. The van der Waals surface area contributed by atoms with E-state index in [-0.39, 0.29) is 23.6 Å². The first kappa shape index (κ1) is 15.1. The van der Waals surface area contributed by atoms with Crippen molar-refractivity contribution in [2.24, 2.45) is 0 Å².